The summed E-state index contributed by atoms with van der Waals surface area (Å²) < 4.78 is 5.17. The smallest absolute Gasteiger partial charge is 0.321 e. The van der Waals surface area contributed by atoms with Crippen LogP contribution in [0.2, 0.25) is 0 Å². The molecule has 1 heterocycles. The van der Waals surface area contributed by atoms with Gasteiger partial charge in [-0.15, -0.1) is 0 Å². The highest BCUT2D eigenvalue weighted by atomic mass is 32.2. The summed E-state index contributed by atoms with van der Waals surface area (Å²) in [5, 5.41) is 8.04. The Morgan fingerprint density at radius 1 is 1.18 bits per heavy atom. The molecule has 2 saturated carbocycles. The summed E-state index contributed by atoms with van der Waals surface area (Å²) in [4.78, 5) is 4.37. The van der Waals surface area contributed by atoms with E-state index in [0.717, 1.165) is 16.8 Å². The minimum atomic E-state index is 0.578. The van der Waals surface area contributed by atoms with Crippen LogP contribution in [0.5, 0.6) is 0 Å². The lowest BCUT2D eigenvalue weighted by Gasteiger charge is -2.19. The van der Waals surface area contributed by atoms with Gasteiger partial charge in [-0.25, -0.2) is 0 Å². The fourth-order valence-corrected chi connectivity index (χ4v) is 3.37. The molecule has 0 radical (unpaired) electrons. The van der Waals surface area contributed by atoms with Crippen molar-refractivity contribution in [1.29, 1.82) is 0 Å². The van der Waals surface area contributed by atoms with Crippen molar-refractivity contribution in [2.75, 3.05) is 5.32 Å². The predicted octanol–water partition coefficient (Wildman–Crippen LogP) is 3.21. The second-order valence-electron chi connectivity index (χ2n) is 5.01. The molecular formula is C12H19N3OS. The Labute approximate surface area is 106 Å². The summed E-state index contributed by atoms with van der Waals surface area (Å²) >= 11 is 1.99. The number of nitrogens with one attached hydrogen (secondary N) is 1. The molecule has 0 unspecified atom stereocenters. The summed E-state index contributed by atoms with van der Waals surface area (Å²) in [6, 6.07) is 1.18. The van der Waals surface area contributed by atoms with E-state index in [1.54, 1.807) is 0 Å². The first-order chi connectivity index (χ1) is 8.40. The second kappa shape index (κ2) is 5.29. The zero-order chi connectivity index (χ0) is 11.5. The number of rotatable bonds is 5. The van der Waals surface area contributed by atoms with Crippen LogP contribution in [0.15, 0.2) is 4.52 Å². The van der Waals surface area contributed by atoms with E-state index in [1.807, 2.05) is 11.8 Å². The van der Waals surface area contributed by atoms with Gasteiger partial charge in [0.15, 0.2) is 5.82 Å². The zero-order valence-corrected chi connectivity index (χ0v) is 10.8. The highest BCUT2D eigenvalue weighted by Crippen LogP contribution is 2.30. The van der Waals surface area contributed by atoms with Crippen molar-refractivity contribution in [3.05, 3.63) is 5.82 Å². The molecule has 2 aliphatic rings. The average molecular weight is 253 g/mol. The molecule has 3 rings (SSSR count). The van der Waals surface area contributed by atoms with Crippen LogP contribution in [0.25, 0.3) is 0 Å². The fourth-order valence-electron chi connectivity index (χ4n) is 2.20. The molecule has 1 aromatic heterocycles. The van der Waals surface area contributed by atoms with E-state index in [-0.39, 0.29) is 0 Å². The lowest BCUT2D eigenvalue weighted by molar-refractivity contribution is 0.424. The van der Waals surface area contributed by atoms with Crippen LogP contribution in [0.4, 0.5) is 6.01 Å². The van der Waals surface area contributed by atoms with Gasteiger partial charge in [-0.1, -0.05) is 24.4 Å². The molecule has 4 nitrogen and oxygen atoms in total. The first-order valence-corrected chi connectivity index (χ1v) is 7.66. The Balaban J connectivity index is 1.45. The van der Waals surface area contributed by atoms with Crippen LogP contribution < -0.4 is 5.32 Å². The molecule has 0 aliphatic heterocycles. The number of hydrogen-bond acceptors (Lipinski definition) is 5. The van der Waals surface area contributed by atoms with Crippen molar-refractivity contribution >= 4 is 17.8 Å². The SMILES string of the molecule is C1CCC(SCc2noc(NC3CC3)n2)CC1. The molecular weight excluding hydrogens is 234 g/mol. The van der Waals surface area contributed by atoms with Crippen LogP contribution in [0.3, 0.4) is 0 Å². The molecule has 0 atom stereocenters. The Bertz CT molecular complexity index is 358. The van der Waals surface area contributed by atoms with Gasteiger partial charge < -0.3 is 9.84 Å². The topological polar surface area (TPSA) is 51.0 Å². The van der Waals surface area contributed by atoms with Crippen molar-refractivity contribution in [2.45, 2.75) is 62.0 Å². The summed E-state index contributed by atoms with van der Waals surface area (Å²) in [5.74, 6) is 1.73. The molecule has 94 valence electrons. The number of nitrogens with zero attached hydrogens (tertiary/aromatic N) is 2. The largest absolute Gasteiger partial charge is 0.335 e. The van der Waals surface area contributed by atoms with Crippen molar-refractivity contribution in [3.63, 3.8) is 0 Å². The quantitative estimate of drug-likeness (QED) is 0.873. The van der Waals surface area contributed by atoms with E-state index in [0.29, 0.717) is 12.1 Å². The molecule has 0 spiro atoms. The van der Waals surface area contributed by atoms with Crippen LogP contribution in [0.1, 0.15) is 50.8 Å². The monoisotopic (exact) mass is 253 g/mol. The van der Waals surface area contributed by atoms with Gasteiger partial charge in [0.05, 0.1) is 5.75 Å². The van der Waals surface area contributed by atoms with Crippen molar-refractivity contribution in [1.82, 2.24) is 10.1 Å². The van der Waals surface area contributed by atoms with Crippen molar-refractivity contribution in [2.24, 2.45) is 0 Å². The number of aromatic nitrogens is 2. The van der Waals surface area contributed by atoms with Crippen LogP contribution in [-0.2, 0) is 5.75 Å². The van der Waals surface area contributed by atoms with Gasteiger partial charge in [-0.2, -0.15) is 16.7 Å². The van der Waals surface area contributed by atoms with E-state index < -0.39 is 0 Å². The third-order valence-corrected chi connectivity index (χ3v) is 4.74. The lowest BCUT2D eigenvalue weighted by Crippen LogP contribution is -2.08. The van der Waals surface area contributed by atoms with Crippen LogP contribution in [-0.4, -0.2) is 21.4 Å². The van der Waals surface area contributed by atoms with E-state index in [9.17, 15) is 0 Å². The van der Waals surface area contributed by atoms with Crippen LogP contribution >= 0.6 is 11.8 Å². The average Bonchev–Trinajstić information content (AvgIpc) is 3.06. The second-order valence-corrected chi connectivity index (χ2v) is 6.29. The van der Waals surface area contributed by atoms with Gasteiger partial charge in [0.25, 0.3) is 0 Å². The minimum Gasteiger partial charge on any atom is -0.335 e. The van der Waals surface area contributed by atoms with Gasteiger partial charge in [-0.05, 0) is 25.7 Å². The molecule has 5 heteroatoms. The molecule has 1 N–H and O–H groups in total. The Morgan fingerprint density at radius 3 is 2.76 bits per heavy atom. The van der Waals surface area contributed by atoms with Crippen molar-refractivity contribution in [3.8, 4) is 0 Å². The summed E-state index contributed by atoms with van der Waals surface area (Å²) in [6.45, 7) is 0. The molecule has 2 aliphatic carbocycles. The minimum absolute atomic E-state index is 0.578. The normalized spacial score (nSPS) is 21.6. The summed E-state index contributed by atoms with van der Waals surface area (Å²) in [6.07, 6.45) is 9.36. The van der Waals surface area contributed by atoms with Crippen LogP contribution in [0, 0.1) is 0 Å². The van der Waals surface area contributed by atoms with Gasteiger partial charge in [0, 0.05) is 11.3 Å². The summed E-state index contributed by atoms with van der Waals surface area (Å²) in [7, 11) is 0. The lowest BCUT2D eigenvalue weighted by atomic mass is 10.0. The van der Waals surface area contributed by atoms with E-state index >= 15 is 0 Å². The van der Waals surface area contributed by atoms with Gasteiger partial charge >= 0.3 is 6.01 Å². The molecule has 0 amide bonds. The highest BCUT2D eigenvalue weighted by Gasteiger charge is 2.23. The summed E-state index contributed by atoms with van der Waals surface area (Å²) in [5.41, 5.74) is 0. The molecule has 2 fully saturated rings. The maximum absolute atomic E-state index is 5.17. The fraction of sp³-hybridized carbons (Fsp3) is 0.833. The van der Waals surface area contributed by atoms with Gasteiger partial charge in [0.1, 0.15) is 0 Å². The molecule has 1 aromatic rings. The molecule has 17 heavy (non-hydrogen) atoms. The third kappa shape index (κ3) is 3.37. The maximum atomic E-state index is 5.17. The maximum Gasteiger partial charge on any atom is 0.321 e. The third-order valence-electron chi connectivity index (χ3n) is 3.37. The molecule has 0 bridgehead atoms. The van der Waals surface area contributed by atoms with Gasteiger partial charge in [-0.3, -0.25) is 0 Å². The number of hydrogen-bond donors (Lipinski definition) is 1. The van der Waals surface area contributed by atoms with E-state index in [1.165, 1.54) is 44.9 Å². The first-order valence-electron chi connectivity index (χ1n) is 6.61. The number of thioether (sulfide) groups is 1. The first kappa shape index (κ1) is 11.4. The Kier molecular flexibility index (Phi) is 3.54. The number of anilines is 1. The predicted molar refractivity (Wildman–Crippen MR) is 69.1 cm³/mol. The van der Waals surface area contributed by atoms with Crippen molar-refractivity contribution < 1.29 is 4.52 Å². The highest BCUT2D eigenvalue weighted by molar-refractivity contribution is 7.99. The standard InChI is InChI=1S/C12H19N3OS/c1-2-4-10(5-3-1)17-8-11-14-12(16-15-11)13-9-6-7-9/h9-10H,1-8H2,(H,13,14,15). The molecule has 0 aromatic carbocycles. The Morgan fingerprint density at radius 2 is 2.00 bits per heavy atom. The Hall–Kier alpha value is -0.710. The molecule has 0 saturated heterocycles. The van der Waals surface area contributed by atoms with E-state index in [2.05, 4.69) is 15.5 Å². The zero-order valence-electron chi connectivity index (χ0n) is 10.0. The van der Waals surface area contributed by atoms with Gasteiger partial charge in [0.2, 0.25) is 0 Å². The van der Waals surface area contributed by atoms with E-state index in [4.69, 9.17) is 4.52 Å².